The van der Waals surface area contributed by atoms with Crippen molar-refractivity contribution in [3.05, 3.63) is 24.0 Å². The van der Waals surface area contributed by atoms with E-state index in [-0.39, 0.29) is 5.47 Å². The van der Waals surface area contributed by atoms with Gasteiger partial charge in [-0.1, -0.05) is 12.7 Å². The minimum absolute atomic E-state index is 0.185. The second-order valence-corrected chi connectivity index (χ2v) is 1.57. The van der Waals surface area contributed by atoms with Crippen LogP contribution in [0.4, 0.5) is 4.39 Å². The molecule has 0 aromatic heterocycles. The van der Waals surface area contributed by atoms with Crippen molar-refractivity contribution in [1.82, 2.24) is 0 Å². The van der Waals surface area contributed by atoms with Crippen LogP contribution in [0.1, 0.15) is 6.92 Å². The lowest BCUT2D eigenvalue weighted by Crippen LogP contribution is -2.14. The molecule has 0 spiro atoms. The van der Waals surface area contributed by atoms with E-state index >= 15 is 0 Å². The summed E-state index contributed by atoms with van der Waals surface area (Å²) >= 11 is 0. The van der Waals surface area contributed by atoms with E-state index in [1.165, 1.54) is 0 Å². The standard InChI is InChI=1S/C5H8BFO2/c1-3-5(4(2)7)6(8)9/h3,8-9H,1H2,2H3. The molecule has 0 radical (unpaired) electrons. The first-order valence-corrected chi connectivity index (χ1v) is 2.44. The van der Waals surface area contributed by atoms with Crippen molar-refractivity contribution in [2.75, 3.05) is 0 Å². The fourth-order valence-corrected chi connectivity index (χ4v) is 0.424. The Labute approximate surface area is 53.5 Å². The first-order chi connectivity index (χ1) is 4.09. The van der Waals surface area contributed by atoms with E-state index in [4.69, 9.17) is 10.0 Å². The predicted octanol–water partition coefficient (Wildman–Crippen LogP) is 0.428. The van der Waals surface area contributed by atoms with Crippen LogP contribution >= 0.6 is 0 Å². The summed E-state index contributed by atoms with van der Waals surface area (Å²) in [4.78, 5) is 0. The van der Waals surface area contributed by atoms with Crippen molar-refractivity contribution >= 4 is 7.12 Å². The molecule has 0 fully saturated rings. The Morgan fingerprint density at radius 3 is 2.11 bits per heavy atom. The van der Waals surface area contributed by atoms with Crippen LogP contribution in [-0.2, 0) is 0 Å². The van der Waals surface area contributed by atoms with E-state index < -0.39 is 12.9 Å². The molecule has 0 rings (SSSR count). The van der Waals surface area contributed by atoms with Gasteiger partial charge in [-0.2, -0.15) is 0 Å². The van der Waals surface area contributed by atoms with Crippen molar-refractivity contribution in [3.8, 4) is 0 Å². The van der Waals surface area contributed by atoms with Gasteiger partial charge in [-0.3, -0.25) is 0 Å². The summed E-state index contributed by atoms with van der Waals surface area (Å²) in [6.07, 6.45) is 1.07. The second-order valence-electron chi connectivity index (χ2n) is 1.57. The van der Waals surface area contributed by atoms with Gasteiger partial charge >= 0.3 is 7.12 Å². The normalized spacial score (nSPS) is 12.4. The van der Waals surface area contributed by atoms with Crippen LogP contribution in [-0.4, -0.2) is 17.2 Å². The van der Waals surface area contributed by atoms with Gasteiger partial charge in [-0.05, 0) is 6.92 Å². The minimum Gasteiger partial charge on any atom is -0.423 e. The summed E-state index contributed by atoms with van der Waals surface area (Å²) in [5, 5.41) is 16.7. The van der Waals surface area contributed by atoms with Crippen LogP contribution in [0, 0.1) is 0 Å². The average Bonchev–Trinajstić information content (AvgIpc) is 1.64. The Bertz CT molecular complexity index is 138. The Morgan fingerprint density at radius 2 is 2.11 bits per heavy atom. The van der Waals surface area contributed by atoms with Crippen LogP contribution in [0.2, 0.25) is 0 Å². The Hall–Kier alpha value is -0.605. The summed E-state index contributed by atoms with van der Waals surface area (Å²) in [7, 11) is -1.76. The van der Waals surface area contributed by atoms with Crippen LogP contribution < -0.4 is 0 Å². The third kappa shape index (κ3) is 2.44. The van der Waals surface area contributed by atoms with Gasteiger partial charge in [-0.25, -0.2) is 4.39 Å². The molecular weight excluding hydrogens is 122 g/mol. The topological polar surface area (TPSA) is 40.5 Å². The molecule has 0 saturated carbocycles. The first kappa shape index (κ1) is 8.39. The largest absolute Gasteiger partial charge is 0.491 e. The maximum absolute atomic E-state index is 12.1. The van der Waals surface area contributed by atoms with Crippen LogP contribution in [0.5, 0.6) is 0 Å². The average molecular weight is 130 g/mol. The third-order valence-electron chi connectivity index (χ3n) is 0.896. The molecule has 2 N–H and O–H groups in total. The second kappa shape index (κ2) is 3.43. The highest BCUT2D eigenvalue weighted by Gasteiger charge is 2.13. The van der Waals surface area contributed by atoms with E-state index in [0.717, 1.165) is 13.0 Å². The van der Waals surface area contributed by atoms with Crippen LogP contribution in [0.3, 0.4) is 0 Å². The van der Waals surface area contributed by atoms with Gasteiger partial charge in [0.05, 0.1) is 5.83 Å². The molecule has 0 heterocycles. The molecule has 0 aromatic carbocycles. The summed E-state index contributed by atoms with van der Waals surface area (Å²) < 4.78 is 12.1. The summed E-state index contributed by atoms with van der Waals surface area (Å²) in [6.45, 7) is 4.32. The molecule has 0 atom stereocenters. The Kier molecular flexibility index (Phi) is 3.20. The Balaban J connectivity index is 4.34. The highest BCUT2D eigenvalue weighted by molar-refractivity contribution is 6.51. The highest BCUT2D eigenvalue weighted by Crippen LogP contribution is 2.06. The van der Waals surface area contributed by atoms with Crippen LogP contribution in [0.25, 0.3) is 0 Å². The summed E-state index contributed by atoms with van der Waals surface area (Å²) in [6, 6.07) is 0. The molecule has 0 aliphatic carbocycles. The van der Waals surface area contributed by atoms with Gasteiger partial charge in [0.15, 0.2) is 0 Å². The molecular formula is C5H8BFO2. The molecule has 4 heteroatoms. The molecule has 0 aliphatic heterocycles. The maximum Gasteiger partial charge on any atom is 0.491 e. The summed E-state index contributed by atoms with van der Waals surface area (Å²) in [5.41, 5.74) is -0.185. The van der Waals surface area contributed by atoms with Crippen molar-refractivity contribution in [2.24, 2.45) is 0 Å². The van der Waals surface area contributed by atoms with Crippen molar-refractivity contribution < 1.29 is 14.4 Å². The van der Waals surface area contributed by atoms with Gasteiger partial charge in [0.25, 0.3) is 0 Å². The smallest absolute Gasteiger partial charge is 0.423 e. The van der Waals surface area contributed by atoms with Gasteiger partial charge in [0.1, 0.15) is 0 Å². The summed E-state index contributed by atoms with van der Waals surface area (Å²) in [5.74, 6) is -0.625. The molecule has 0 aliphatic rings. The highest BCUT2D eigenvalue weighted by atomic mass is 19.1. The minimum atomic E-state index is -1.76. The van der Waals surface area contributed by atoms with Gasteiger partial charge in [0, 0.05) is 5.47 Å². The fraction of sp³-hybridized carbons (Fsp3) is 0.200. The Morgan fingerprint density at radius 1 is 1.67 bits per heavy atom. The zero-order valence-electron chi connectivity index (χ0n) is 5.13. The van der Waals surface area contributed by atoms with E-state index in [2.05, 4.69) is 6.58 Å². The van der Waals surface area contributed by atoms with Gasteiger partial charge in [-0.15, -0.1) is 0 Å². The predicted molar refractivity (Wildman–Crippen MR) is 34.2 cm³/mol. The molecule has 0 aromatic rings. The lowest BCUT2D eigenvalue weighted by Gasteiger charge is -1.97. The SMILES string of the molecule is C=CC(B(O)O)=C(C)F. The molecule has 0 unspecified atom stereocenters. The number of halogens is 1. The number of hydrogen-bond donors (Lipinski definition) is 2. The first-order valence-electron chi connectivity index (χ1n) is 2.44. The maximum atomic E-state index is 12.1. The van der Waals surface area contributed by atoms with Gasteiger partial charge in [0.2, 0.25) is 0 Å². The monoisotopic (exact) mass is 130 g/mol. The molecule has 0 amide bonds. The van der Waals surface area contributed by atoms with E-state index in [1.54, 1.807) is 0 Å². The number of allylic oxidation sites excluding steroid dienone is 3. The zero-order chi connectivity index (χ0) is 7.44. The molecule has 9 heavy (non-hydrogen) atoms. The molecule has 50 valence electrons. The number of hydrogen-bond acceptors (Lipinski definition) is 2. The lowest BCUT2D eigenvalue weighted by atomic mass is 9.79. The van der Waals surface area contributed by atoms with E-state index in [0.29, 0.717) is 0 Å². The fourth-order valence-electron chi connectivity index (χ4n) is 0.424. The zero-order valence-corrected chi connectivity index (χ0v) is 5.13. The van der Waals surface area contributed by atoms with Crippen molar-refractivity contribution in [1.29, 1.82) is 0 Å². The third-order valence-corrected chi connectivity index (χ3v) is 0.896. The number of rotatable bonds is 2. The molecule has 0 bridgehead atoms. The lowest BCUT2D eigenvalue weighted by molar-refractivity contribution is 0.418. The molecule has 2 nitrogen and oxygen atoms in total. The van der Waals surface area contributed by atoms with E-state index in [9.17, 15) is 4.39 Å². The van der Waals surface area contributed by atoms with E-state index in [1.807, 2.05) is 0 Å². The van der Waals surface area contributed by atoms with Gasteiger partial charge < -0.3 is 10.0 Å². The van der Waals surface area contributed by atoms with Crippen molar-refractivity contribution in [3.63, 3.8) is 0 Å². The molecule has 0 saturated heterocycles. The van der Waals surface area contributed by atoms with Crippen molar-refractivity contribution in [2.45, 2.75) is 6.92 Å². The quantitative estimate of drug-likeness (QED) is 0.420. The van der Waals surface area contributed by atoms with Crippen LogP contribution in [0.15, 0.2) is 24.0 Å².